The Morgan fingerprint density at radius 1 is 1.09 bits per heavy atom. The van der Waals surface area contributed by atoms with Crippen molar-refractivity contribution in [3.05, 3.63) is 64.4 Å². The number of aryl methyl sites for hydroxylation is 1. The molecule has 0 atom stereocenters. The third-order valence-corrected chi connectivity index (χ3v) is 4.41. The van der Waals surface area contributed by atoms with Crippen LogP contribution < -0.4 is 4.90 Å². The average molecular weight is 333 g/mol. The number of anilines is 1. The Morgan fingerprint density at radius 2 is 1.83 bits per heavy atom. The number of carbonyl (C=O) groups is 1. The van der Waals surface area contributed by atoms with E-state index in [1.165, 1.54) is 12.1 Å². The van der Waals surface area contributed by atoms with E-state index in [1.807, 2.05) is 31.2 Å². The number of carbonyl (C=O) groups excluding carboxylic acids is 1. The molecular formula is C18H18ClFN2O. The third-order valence-electron chi connectivity index (χ3n) is 4.17. The second-order valence-corrected chi connectivity index (χ2v) is 6.15. The lowest BCUT2D eigenvalue weighted by Gasteiger charge is -2.36. The van der Waals surface area contributed by atoms with Crippen LogP contribution in [0.25, 0.3) is 0 Å². The summed E-state index contributed by atoms with van der Waals surface area (Å²) < 4.78 is 13.4. The summed E-state index contributed by atoms with van der Waals surface area (Å²) in [6.07, 6.45) is 0. The van der Waals surface area contributed by atoms with Crippen LogP contribution >= 0.6 is 11.6 Å². The standard InChI is InChI=1S/C18H18ClFN2O/c1-13-5-6-15(20)12-17(13)18(23)22-9-7-21(8-10-22)16-4-2-3-14(19)11-16/h2-6,11-12H,7-10H2,1H3. The molecule has 1 fully saturated rings. The molecule has 0 spiro atoms. The molecule has 3 nitrogen and oxygen atoms in total. The Bertz CT molecular complexity index is 727. The van der Waals surface area contributed by atoms with Gasteiger partial charge in [0.15, 0.2) is 0 Å². The first-order chi connectivity index (χ1) is 11.0. The van der Waals surface area contributed by atoms with Crippen LogP contribution in [0.3, 0.4) is 0 Å². The molecule has 1 aliphatic rings. The van der Waals surface area contributed by atoms with Gasteiger partial charge in [0.1, 0.15) is 5.82 Å². The van der Waals surface area contributed by atoms with Crippen molar-refractivity contribution in [3.8, 4) is 0 Å². The van der Waals surface area contributed by atoms with E-state index < -0.39 is 0 Å². The summed E-state index contributed by atoms with van der Waals surface area (Å²) in [6, 6.07) is 12.0. The maximum Gasteiger partial charge on any atom is 0.254 e. The van der Waals surface area contributed by atoms with Crippen LogP contribution in [0.15, 0.2) is 42.5 Å². The zero-order valence-corrected chi connectivity index (χ0v) is 13.7. The highest BCUT2D eigenvalue weighted by Gasteiger charge is 2.23. The summed E-state index contributed by atoms with van der Waals surface area (Å²) in [4.78, 5) is 16.6. The lowest BCUT2D eigenvalue weighted by Crippen LogP contribution is -2.49. The van der Waals surface area contributed by atoms with Gasteiger partial charge < -0.3 is 9.80 Å². The summed E-state index contributed by atoms with van der Waals surface area (Å²) in [7, 11) is 0. The molecule has 0 saturated carbocycles. The van der Waals surface area contributed by atoms with Crippen molar-refractivity contribution in [2.75, 3.05) is 31.1 Å². The molecular weight excluding hydrogens is 315 g/mol. The van der Waals surface area contributed by atoms with Crippen molar-refractivity contribution < 1.29 is 9.18 Å². The van der Waals surface area contributed by atoms with Crippen LogP contribution in [0.4, 0.5) is 10.1 Å². The Kier molecular flexibility index (Phi) is 4.53. The van der Waals surface area contributed by atoms with Gasteiger partial charge >= 0.3 is 0 Å². The zero-order valence-electron chi connectivity index (χ0n) is 12.9. The molecule has 2 aromatic carbocycles. The predicted octanol–water partition coefficient (Wildman–Crippen LogP) is 3.75. The van der Waals surface area contributed by atoms with Crippen LogP contribution in [0.5, 0.6) is 0 Å². The zero-order chi connectivity index (χ0) is 16.4. The fourth-order valence-electron chi connectivity index (χ4n) is 2.84. The second kappa shape index (κ2) is 6.59. The van der Waals surface area contributed by atoms with Gasteiger partial charge in [0.05, 0.1) is 0 Å². The van der Waals surface area contributed by atoms with E-state index in [2.05, 4.69) is 4.90 Å². The van der Waals surface area contributed by atoms with E-state index >= 15 is 0 Å². The highest BCUT2D eigenvalue weighted by Crippen LogP contribution is 2.22. The highest BCUT2D eigenvalue weighted by molar-refractivity contribution is 6.30. The molecule has 1 heterocycles. The summed E-state index contributed by atoms with van der Waals surface area (Å²) in [5.41, 5.74) is 2.31. The SMILES string of the molecule is Cc1ccc(F)cc1C(=O)N1CCN(c2cccc(Cl)c2)CC1. The van der Waals surface area contributed by atoms with E-state index in [1.54, 1.807) is 11.0 Å². The Morgan fingerprint density at radius 3 is 2.52 bits per heavy atom. The van der Waals surface area contributed by atoms with Gasteiger partial charge in [0.2, 0.25) is 0 Å². The number of hydrogen-bond donors (Lipinski definition) is 0. The lowest BCUT2D eigenvalue weighted by atomic mass is 10.1. The van der Waals surface area contributed by atoms with E-state index in [-0.39, 0.29) is 11.7 Å². The Hall–Kier alpha value is -2.07. The van der Waals surface area contributed by atoms with Gasteiger partial charge in [-0.25, -0.2) is 4.39 Å². The average Bonchev–Trinajstić information content (AvgIpc) is 2.56. The Labute approximate surface area is 140 Å². The van der Waals surface area contributed by atoms with Crippen molar-refractivity contribution in [3.63, 3.8) is 0 Å². The van der Waals surface area contributed by atoms with Crippen molar-refractivity contribution >= 4 is 23.2 Å². The van der Waals surface area contributed by atoms with Crippen LogP contribution in [0.1, 0.15) is 15.9 Å². The summed E-state index contributed by atoms with van der Waals surface area (Å²) >= 11 is 6.03. The predicted molar refractivity (Wildman–Crippen MR) is 90.7 cm³/mol. The van der Waals surface area contributed by atoms with Crippen molar-refractivity contribution in [2.24, 2.45) is 0 Å². The van der Waals surface area contributed by atoms with Gasteiger partial charge in [0, 0.05) is 42.5 Å². The number of hydrogen-bond acceptors (Lipinski definition) is 2. The largest absolute Gasteiger partial charge is 0.368 e. The molecule has 0 unspecified atom stereocenters. The molecule has 0 aliphatic carbocycles. The smallest absolute Gasteiger partial charge is 0.254 e. The van der Waals surface area contributed by atoms with Gasteiger partial charge in [-0.2, -0.15) is 0 Å². The number of rotatable bonds is 2. The van der Waals surface area contributed by atoms with Crippen LogP contribution in [-0.2, 0) is 0 Å². The van der Waals surface area contributed by atoms with Gasteiger partial charge in [0.25, 0.3) is 5.91 Å². The van der Waals surface area contributed by atoms with Crippen LogP contribution in [0.2, 0.25) is 5.02 Å². The van der Waals surface area contributed by atoms with Gasteiger partial charge in [-0.05, 0) is 42.8 Å². The number of amides is 1. The summed E-state index contributed by atoms with van der Waals surface area (Å²) in [5, 5.41) is 0.705. The molecule has 23 heavy (non-hydrogen) atoms. The molecule has 1 amide bonds. The minimum absolute atomic E-state index is 0.104. The first-order valence-electron chi connectivity index (χ1n) is 7.60. The molecule has 5 heteroatoms. The number of nitrogens with zero attached hydrogens (tertiary/aromatic N) is 2. The maximum absolute atomic E-state index is 13.4. The van der Waals surface area contributed by atoms with Crippen molar-refractivity contribution in [1.29, 1.82) is 0 Å². The van der Waals surface area contributed by atoms with E-state index in [0.717, 1.165) is 24.3 Å². The topological polar surface area (TPSA) is 23.6 Å². The first-order valence-corrected chi connectivity index (χ1v) is 7.98. The molecule has 0 aromatic heterocycles. The quantitative estimate of drug-likeness (QED) is 0.836. The molecule has 0 bridgehead atoms. The van der Waals surface area contributed by atoms with Gasteiger partial charge in [-0.3, -0.25) is 4.79 Å². The van der Waals surface area contributed by atoms with Gasteiger partial charge in [-0.15, -0.1) is 0 Å². The fourth-order valence-corrected chi connectivity index (χ4v) is 3.02. The van der Waals surface area contributed by atoms with E-state index in [0.29, 0.717) is 23.7 Å². The van der Waals surface area contributed by atoms with E-state index in [9.17, 15) is 9.18 Å². The fraction of sp³-hybridized carbons (Fsp3) is 0.278. The molecule has 0 radical (unpaired) electrons. The molecule has 1 aliphatic heterocycles. The third kappa shape index (κ3) is 3.48. The summed E-state index contributed by atoms with van der Waals surface area (Å²) in [5.74, 6) is -0.482. The molecule has 2 aromatic rings. The molecule has 0 N–H and O–H groups in total. The van der Waals surface area contributed by atoms with E-state index in [4.69, 9.17) is 11.6 Å². The molecule has 120 valence electrons. The summed E-state index contributed by atoms with van der Waals surface area (Å²) in [6.45, 7) is 4.53. The minimum atomic E-state index is -0.378. The van der Waals surface area contributed by atoms with Crippen molar-refractivity contribution in [1.82, 2.24) is 4.90 Å². The monoisotopic (exact) mass is 332 g/mol. The highest BCUT2D eigenvalue weighted by atomic mass is 35.5. The Balaban J connectivity index is 1.69. The molecule has 3 rings (SSSR count). The number of halogens is 2. The van der Waals surface area contributed by atoms with Gasteiger partial charge in [-0.1, -0.05) is 23.7 Å². The first kappa shape index (κ1) is 15.8. The lowest BCUT2D eigenvalue weighted by molar-refractivity contribution is 0.0745. The van der Waals surface area contributed by atoms with Crippen LogP contribution in [0, 0.1) is 12.7 Å². The maximum atomic E-state index is 13.4. The van der Waals surface area contributed by atoms with Crippen molar-refractivity contribution in [2.45, 2.75) is 6.92 Å². The number of benzene rings is 2. The minimum Gasteiger partial charge on any atom is -0.368 e. The normalized spacial score (nSPS) is 14.9. The second-order valence-electron chi connectivity index (χ2n) is 5.72. The number of piperazine rings is 1. The molecule has 1 saturated heterocycles. The van der Waals surface area contributed by atoms with Crippen LogP contribution in [-0.4, -0.2) is 37.0 Å².